The van der Waals surface area contributed by atoms with Gasteiger partial charge in [-0.1, -0.05) is 24.3 Å². The van der Waals surface area contributed by atoms with Crippen molar-refractivity contribution in [1.29, 1.82) is 0 Å². The number of unbranched alkanes of at least 4 members (excludes halogenated alkanes) is 1. The second-order valence-electron chi connectivity index (χ2n) is 10.6. The van der Waals surface area contributed by atoms with E-state index in [1.807, 2.05) is 31.5 Å². The van der Waals surface area contributed by atoms with Crippen LogP contribution in [0.1, 0.15) is 87.9 Å². The van der Waals surface area contributed by atoms with Crippen LogP contribution in [0.25, 0.3) is 0 Å². The number of pyridine rings is 2. The molecular weight excluding hydrogens is 464 g/mol. The summed E-state index contributed by atoms with van der Waals surface area (Å²) in [6.45, 7) is 7.16. The lowest BCUT2D eigenvalue weighted by Gasteiger charge is -2.48. The highest BCUT2D eigenvalue weighted by Crippen LogP contribution is 2.46. The molecule has 2 aliphatic heterocycles. The highest BCUT2D eigenvalue weighted by atomic mass is 16.3. The minimum absolute atomic E-state index is 0.0735. The normalized spacial score (nSPS) is 23.9. The molecule has 1 fully saturated rings. The molecule has 1 aromatic carbocycles. The Hall–Kier alpha value is -3.42. The number of likely N-dealkylation sites (tertiary alicyclic amines) is 1. The molecule has 0 spiro atoms. The smallest absolute Gasteiger partial charge is 0.261 e. The molecule has 0 aliphatic carbocycles. The molecule has 7 heteroatoms. The van der Waals surface area contributed by atoms with Crippen LogP contribution >= 0.6 is 0 Å². The topological polar surface area (TPSA) is 86.6 Å². The van der Waals surface area contributed by atoms with Crippen LogP contribution in [-0.4, -0.2) is 55.4 Å². The van der Waals surface area contributed by atoms with E-state index in [1.54, 1.807) is 24.3 Å². The van der Waals surface area contributed by atoms with Crippen LogP contribution in [0.4, 0.5) is 0 Å². The molecule has 2 aromatic heterocycles. The zero-order chi connectivity index (χ0) is 26.2. The molecule has 1 N–H and O–H groups in total. The average Bonchev–Trinajstić information content (AvgIpc) is 3.12. The Bertz CT molecular complexity index is 1230. The molecular formula is C30H34N4O3. The van der Waals surface area contributed by atoms with Gasteiger partial charge in [0.15, 0.2) is 0 Å². The Balaban J connectivity index is 1.37. The maximum Gasteiger partial charge on any atom is 0.261 e. The summed E-state index contributed by atoms with van der Waals surface area (Å²) in [5, 5.41) is 11.3. The third-order valence-electron chi connectivity index (χ3n) is 7.72. The summed E-state index contributed by atoms with van der Waals surface area (Å²) >= 11 is 0. The fourth-order valence-corrected chi connectivity index (χ4v) is 5.89. The first-order valence-electron chi connectivity index (χ1n) is 13.0. The molecule has 3 aromatic rings. The van der Waals surface area contributed by atoms with Gasteiger partial charge in [-0.05, 0) is 88.4 Å². The van der Waals surface area contributed by atoms with Crippen molar-refractivity contribution in [1.82, 2.24) is 19.8 Å². The summed E-state index contributed by atoms with van der Waals surface area (Å²) < 4.78 is 0. The molecule has 2 aliphatic rings. The summed E-state index contributed by atoms with van der Waals surface area (Å²) in [6.07, 6.45) is 6.26. The molecule has 1 saturated heterocycles. The first kappa shape index (κ1) is 25.2. The Morgan fingerprint density at radius 3 is 1.78 bits per heavy atom. The Morgan fingerprint density at radius 2 is 1.30 bits per heavy atom. The van der Waals surface area contributed by atoms with Crippen LogP contribution in [0.15, 0.2) is 60.9 Å². The van der Waals surface area contributed by atoms with E-state index in [0.29, 0.717) is 36.9 Å². The number of nitrogens with zero attached hydrogens (tertiary/aromatic N) is 4. The number of piperidine rings is 1. The first-order chi connectivity index (χ1) is 17.8. The Kier molecular flexibility index (Phi) is 6.92. The van der Waals surface area contributed by atoms with Gasteiger partial charge in [0, 0.05) is 18.9 Å². The van der Waals surface area contributed by atoms with Crippen molar-refractivity contribution in [2.45, 2.75) is 64.1 Å². The van der Waals surface area contributed by atoms with Crippen LogP contribution in [0.2, 0.25) is 0 Å². The summed E-state index contributed by atoms with van der Waals surface area (Å²) in [5.74, 6) is -0.419. The predicted molar refractivity (Wildman–Crippen MR) is 141 cm³/mol. The standard InChI is InChI=1S/C30H34N4O3/c1-20-10-8-14-31-26(20)24-18-30(3,37)19-25(27-21(2)11-9-15-32-27)33(24)16-6-7-17-34-28(35)22-12-4-5-13-23(22)29(34)36/h4-5,8-15,24-25,37H,6-7,16-19H2,1-3H3/t24-,25+,30?. The number of aliphatic hydroxyl groups is 1. The summed E-state index contributed by atoms with van der Waals surface area (Å²) in [4.78, 5) is 38.8. The van der Waals surface area contributed by atoms with Crippen LogP contribution < -0.4 is 0 Å². The van der Waals surface area contributed by atoms with Gasteiger partial charge < -0.3 is 5.11 Å². The monoisotopic (exact) mass is 498 g/mol. The van der Waals surface area contributed by atoms with Crippen molar-refractivity contribution in [3.8, 4) is 0 Å². The lowest BCUT2D eigenvalue weighted by atomic mass is 9.79. The molecule has 0 bridgehead atoms. The molecule has 0 saturated carbocycles. The number of aryl methyl sites for hydroxylation is 2. The van der Waals surface area contributed by atoms with Gasteiger partial charge in [-0.15, -0.1) is 0 Å². The second-order valence-corrected chi connectivity index (χ2v) is 10.6. The highest BCUT2D eigenvalue weighted by molar-refractivity contribution is 6.21. The molecule has 4 heterocycles. The van der Waals surface area contributed by atoms with Gasteiger partial charge in [0.25, 0.3) is 11.8 Å². The van der Waals surface area contributed by atoms with E-state index in [2.05, 4.69) is 30.9 Å². The zero-order valence-electron chi connectivity index (χ0n) is 21.7. The van der Waals surface area contributed by atoms with Crippen molar-refractivity contribution in [3.05, 3.63) is 94.6 Å². The molecule has 3 atom stereocenters. The van der Waals surface area contributed by atoms with Crippen LogP contribution in [0.5, 0.6) is 0 Å². The quantitative estimate of drug-likeness (QED) is 0.372. The van der Waals surface area contributed by atoms with Crippen molar-refractivity contribution < 1.29 is 14.7 Å². The fourth-order valence-electron chi connectivity index (χ4n) is 5.89. The van der Waals surface area contributed by atoms with Crippen molar-refractivity contribution in [2.24, 2.45) is 0 Å². The molecule has 37 heavy (non-hydrogen) atoms. The molecule has 5 rings (SSSR count). The number of aromatic nitrogens is 2. The van der Waals surface area contributed by atoms with Gasteiger partial charge in [0.05, 0.1) is 40.2 Å². The van der Waals surface area contributed by atoms with Crippen molar-refractivity contribution >= 4 is 11.8 Å². The maximum atomic E-state index is 12.8. The zero-order valence-corrected chi connectivity index (χ0v) is 21.7. The number of hydrogen-bond acceptors (Lipinski definition) is 6. The number of rotatable bonds is 7. The van der Waals surface area contributed by atoms with Gasteiger partial charge in [0.1, 0.15) is 0 Å². The Labute approximate surface area is 218 Å². The summed E-state index contributed by atoms with van der Waals surface area (Å²) in [5.41, 5.74) is 4.25. The van der Waals surface area contributed by atoms with Crippen LogP contribution in [-0.2, 0) is 0 Å². The highest BCUT2D eigenvalue weighted by Gasteiger charge is 2.44. The molecule has 0 radical (unpaired) electrons. The third-order valence-corrected chi connectivity index (χ3v) is 7.72. The van der Waals surface area contributed by atoms with Gasteiger partial charge in [-0.2, -0.15) is 0 Å². The first-order valence-corrected chi connectivity index (χ1v) is 13.0. The SMILES string of the molecule is Cc1cccnc1[C@H]1CC(C)(O)C[C@@H](c2ncccc2C)N1CCCCN1C(=O)c2ccccc2C1=O. The number of amides is 2. The number of hydrogen-bond donors (Lipinski definition) is 1. The van der Waals surface area contributed by atoms with E-state index in [0.717, 1.165) is 35.5 Å². The van der Waals surface area contributed by atoms with E-state index in [1.165, 1.54) is 4.90 Å². The number of fused-ring (bicyclic) bond motifs is 1. The van der Waals surface area contributed by atoms with Gasteiger partial charge in [-0.25, -0.2) is 0 Å². The van der Waals surface area contributed by atoms with Crippen molar-refractivity contribution in [3.63, 3.8) is 0 Å². The van der Waals surface area contributed by atoms with E-state index in [4.69, 9.17) is 9.97 Å². The minimum Gasteiger partial charge on any atom is -0.390 e. The largest absolute Gasteiger partial charge is 0.390 e. The summed E-state index contributed by atoms with van der Waals surface area (Å²) in [6, 6.07) is 14.9. The molecule has 7 nitrogen and oxygen atoms in total. The lowest BCUT2D eigenvalue weighted by molar-refractivity contribution is -0.0687. The van der Waals surface area contributed by atoms with E-state index < -0.39 is 5.60 Å². The average molecular weight is 499 g/mol. The molecule has 1 unspecified atom stereocenters. The van der Waals surface area contributed by atoms with Gasteiger partial charge in [-0.3, -0.25) is 29.4 Å². The number of carbonyl (C=O) groups excluding carboxylic acids is 2. The summed E-state index contributed by atoms with van der Waals surface area (Å²) in [7, 11) is 0. The maximum absolute atomic E-state index is 12.8. The molecule has 192 valence electrons. The molecule has 2 amide bonds. The van der Waals surface area contributed by atoms with E-state index >= 15 is 0 Å². The van der Waals surface area contributed by atoms with E-state index in [-0.39, 0.29) is 23.9 Å². The number of imide groups is 1. The minimum atomic E-state index is -0.861. The number of carbonyl (C=O) groups is 2. The third kappa shape index (κ3) is 4.93. The van der Waals surface area contributed by atoms with Gasteiger partial charge >= 0.3 is 0 Å². The van der Waals surface area contributed by atoms with Gasteiger partial charge in [0.2, 0.25) is 0 Å². The predicted octanol–water partition coefficient (Wildman–Crippen LogP) is 4.80. The lowest BCUT2D eigenvalue weighted by Crippen LogP contribution is -2.47. The number of benzene rings is 1. The Morgan fingerprint density at radius 1 is 0.811 bits per heavy atom. The second kappa shape index (κ2) is 10.1. The van der Waals surface area contributed by atoms with E-state index in [9.17, 15) is 14.7 Å². The van der Waals surface area contributed by atoms with Crippen molar-refractivity contribution in [2.75, 3.05) is 13.1 Å². The van der Waals surface area contributed by atoms with Crippen LogP contribution in [0, 0.1) is 13.8 Å². The van der Waals surface area contributed by atoms with Crippen LogP contribution in [0.3, 0.4) is 0 Å². The fraction of sp³-hybridized carbons (Fsp3) is 0.400.